The Labute approximate surface area is 147 Å². The summed E-state index contributed by atoms with van der Waals surface area (Å²) in [5.41, 5.74) is 4.37. The van der Waals surface area contributed by atoms with Crippen molar-refractivity contribution >= 4 is 22.6 Å². The second-order valence-electron chi connectivity index (χ2n) is 5.19. The van der Waals surface area contributed by atoms with E-state index in [1.165, 1.54) is 0 Å². The Morgan fingerprint density at radius 2 is 1.30 bits per heavy atom. The molecule has 0 saturated heterocycles. The van der Waals surface area contributed by atoms with Crippen LogP contribution in [0, 0.1) is 3.77 Å². The second kappa shape index (κ2) is 6.08. The molecule has 0 saturated carbocycles. The van der Waals surface area contributed by atoms with Crippen molar-refractivity contribution in [1.82, 2.24) is 0 Å². The minimum atomic E-state index is 0.747. The average molecular weight is 412 g/mol. The fourth-order valence-electron chi connectivity index (χ4n) is 2.64. The Kier molecular flexibility index (Phi) is 3.79. The van der Waals surface area contributed by atoms with E-state index in [0.29, 0.717) is 0 Å². The number of halogens is 1. The van der Waals surface area contributed by atoms with Crippen LogP contribution >= 0.6 is 22.6 Å². The van der Waals surface area contributed by atoms with Gasteiger partial charge < -0.3 is 8.83 Å². The number of hydrogen-bond donors (Lipinski definition) is 0. The number of rotatable bonds is 3. The van der Waals surface area contributed by atoms with E-state index in [-0.39, 0.29) is 0 Å². The molecular weight excluding hydrogens is 399 g/mol. The lowest BCUT2D eigenvalue weighted by atomic mass is 10.0. The molecule has 0 bridgehead atoms. The lowest BCUT2D eigenvalue weighted by Crippen LogP contribution is -1.77. The van der Waals surface area contributed by atoms with E-state index in [4.69, 9.17) is 8.83 Å². The molecule has 4 rings (SSSR count). The van der Waals surface area contributed by atoms with E-state index in [9.17, 15) is 0 Å². The largest absolute Gasteiger partial charge is 0.460 e. The van der Waals surface area contributed by atoms with Gasteiger partial charge in [-0.2, -0.15) is 0 Å². The zero-order valence-corrected chi connectivity index (χ0v) is 14.4. The van der Waals surface area contributed by atoms with Crippen LogP contribution in [0.25, 0.3) is 33.8 Å². The Balaban J connectivity index is 1.81. The third-order valence-electron chi connectivity index (χ3n) is 3.75. The van der Waals surface area contributed by atoms with Crippen molar-refractivity contribution in [2.45, 2.75) is 0 Å². The van der Waals surface area contributed by atoms with Crippen LogP contribution in [-0.4, -0.2) is 0 Å². The summed E-state index contributed by atoms with van der Waals surface area (Å²) in [4.78, 5) is 0. The van der Waals surface area contributed by atoms with Gasteiger partial charge in [-0.3, -0.25) is 0 Å². The summed E-state index contributed by atoms with van der Waals surface area (Å²) in [6.07, 6.45) is 1.70. The van der Waals surface area contributed by atoms with Gasteiger partial charge in [0.15, 0.2) is 15.3 Å². The Bertz CT molecular complexity index is 921. The lowest BCUT2D eigenvalue weighted by Gasteiger charge is -1.99. The third-order valence-corrected chi connectivity index (χ3v) is 4.55. The maximum atomic E-state index is 5.97. The number of benzene rings is 2. The second-order valence-corrected chi connectivity index (χ2v) is 6.17. The van der Waals surface area contributed by atoms with Crippen LogP contribution in [0.3, 0.4) is 0 Å². The first-order valence-corrected chi connectivity index (χ1v) is 8.39. The molecular formula is C20H13IO2. The molecule has 2 heterocycles. The van der Waals surface area contributed by atoms with Gasteiger partial charge in [0.2, 0.25) is 0 Å². The first-order valence-electron chi connectivity index (χ1n) is 7.31. The Morgan fingerprint density at radius 1 is 0.696 bits per heavy atom. The fraction of sp³-hybridized carbons (Fsp3) is 0. The van der Waals surface area contributed by atoms with Gasteiger partial charge >= 0.3 is 0 Å². The molecule has 2 aromatic heterocycles. The minimum absolute atomic E-state index is 0.747. The van der Waals surface area contributed by atoms with Gasteiger partial charge in [-0.25, -0.2) is 0 Å². The zero-order chi connectivity index (χ0) is 15.6. The fourth-order valence-corrected chi connectivity index (χ4v) is 3.34. The zero-order valence-electron chi connectivity index (χ0n) is 12.2. The molecule has 0 aliphatic carbocycles. The molecule has 0 amide bonds. The molecule has 0 aliphatic heterocycles. The molecule has 2 nitrogen and oxygen atoms in total. The summed E-state index contributed by atoms with van der Waals surface area (Å²) in [5.74, 6) is 1.51. The molecule has 0 unspecified atom stereocenters. The molecule has 112 valence electrons. The van der Waals surface area contributed by atoms with Gasteiger partial charge in [0, 0.05) is 33.7 Å². The van der Waals surface area contributed by atoms with Crippen molar-refractivity contribution in [3.63, 3.8) is 0 Å². The lowest BCUT2D eigenvalue weighted by molar-refractivity contribution is 0.510. The van der Waals surface area contributed by atoms with Gasteiger partial charge in [0.25, 0.3) is 0 Å². The van der Waals surface area contributed by atoms with Crippen LogP contribution in [0.1, 0.15) is 0 Å². The van der Waals surface area contributed by atoms with Crippen molar-refractivity contribution in [3.8, 4) is 33.8 Å². The molecule has 0 N–H and O–H groups in total. The van der Waals surface area contributed by atoms with Crippen LogP contribution in [0.5, 0.6) is 0 Å². The smallest absolute Gasteiger partial charge is 0.176 e. The summed E-state index contributed by atoms with van der Waals surface area (Å²) in [6.45, 7) is 0. The summed E-state index contributed by atoms with van der Waals surface area (Å²) in [6, 6.07) is 24.4. The topological polar surface area (TPSA) is 26.3 Å². The third kappa shape index (κ3) is 2.72. The molecule has 0 atom stereocenters. The van der Waals surface area contributed by atoms with Crippen molar-refractivity contribution in [1.29, 1.82) is 0 Å². The molecule has 0 spiro atoms. The van der Waals surface area contributed by atoms with E-state index in [1.54, 1.807) is 6.26 Å². The summed E-state index contributed by atoms with van der Waals surface area (Å²) >= 11 is 2.23. The van der Waals surface area contributed by atoms with Gasteiger partial charge in [0.05, 0.1) is 6.26 Å². The van der Waals surface area contributed by atoms with Crippen molar-refractivity contribution in [3.05, 3.63) is 82.8 Å². The van der Waals surface area contributed by atoms with E-state index in [0.717, 1.165) is 37.5 Å². The van der Waals surface area contributed by atoms with Gasteiger partial charge in [-0.05, 0) is 23.3 Å². The van der Waals surface area contributed by atoms with Crippen LogP contribution in [0.2, 0.25) is 0 Å². The standard InChI is InChI=1S/C20H13IO2/c21-20-17(15-9-5-2-6-10-15)13-18(23-20)19-16(11-12-22-19)14-7-3-1-4-8-14/h1-13H. The van der Waals surface area contributed by atoms with Crippen molar-refractivity contribution in [2.75, 3.05) is 0 Å². The number of furan rings is 2. The quantitative estimate of drug-likeness (QED) is 0.360. The Morgan fingerprint density at radius 3 is 1.96 bits per heavy atom. The van der Waals surface area contributed by atoms with Crippen molar-refractivity contribution < 1.29 is 8.83 Å². The molecule has 0 fully saturated rings. The van der Waals surface area contributed by atoms with Crippen molar-refractivity contribution in [2.24, 2.45) is 0 Å². The van der Waals surface area contributed by atoms with Crippen LogP contribution in [0.4, 0.5) is 0 Å². The number of hydrogen-bond acceptors (Lipinski definition) is 2. The minimum Gasteiger partial charge on any atom is -0.460 e. The van der Waals surface area contributed by atoms with Gasteiger partial charge in [0.1, 0.15) is 0 Å². The Hall–Kier alpha value is -2.27. The van der Waals surface area contributed by atoms with Crippen LogP contribution < -0.4 is 0 Å². The highest BCUT2D eigenvalue weighted by Gasteiger charge is 2.18. The van der Waals surface area contributed by atoms with E-state index in [1.807, 2.05) is 48.5 Å². The maximum absolute atomic E-state index is 5.97. The molecule has 0 aliphatic rings. The predicted molar refractivity (Wildman–Crippen MR) is 100.0 cm³/mol. The molecule has 4 aromatic rings. The van der Waals surface area contributed by atoms with Gasteiger partial charge in [-0.1, -0.05) is 60.7 Å². The molecule has 2 aromatic carbocycles. The highest BCUT2D eigenvalue weighted by molar-refractivity contribution is 14.1. The highest BCUT2D eigenvalue weighted by atomic mass is 127. The first kappa shape index (κ1) is 14.3. The molecule has 0 radical (unpaired) electrons. The normalized spacial score (nSPS) is 10.8. The summed E-state index contributed by atoms with van der Waals surface area (Å²) < 4.78 is 12.5. The predicted octanol–water partition coefficient (Wildman–Crippen LogP) is 6.48. The van der Waals surface area contributed by atoms with Gasteiger partial charge in [-0.15, -0.1) is 0 Å². The van der Waals surface area contributed by atoms with E-state index >= 15 is 0 Å². The first-order chi connectivity index (χ1) is 11.3. The van der Waals surface area contributed by atoms with E-state index in [2.05, 4.69) is 46.9 Å². The molecule has 23 heavy (non-hydrogen) atoms. The van der Waals surface area contributed by atoms with Crippen LogP contribution in [0.15, 0.2) is 87.9 Å². The average Bonchev–Trinajstić information content (AvgIpc) is 3.23. The SMILES string of the molecule is Ic1oc(-c2occc2-c2ccccc2)cc1-c1ccccc1. The molecule has 3 heteroatoms. The maximum Gasteiger partial charge on any atom is 0.176 e. The van der Waals surface area contributed by atoms with Crippen LogP contribution in [-0.2, 0) is 0 Å². The highest BCUT2D eigenvalue weighted by Crippen LogP contribution is 2.38. The monoisotopic (exact) mass is 412 g/mol. The summed E-state index contributed by atoms with van der Waals surface area (Å²) in [5, 5.41) is 0. The van der Waals surface area contributed by atoms with E-state index < -0.39 is 0 Å². The summed E-state index contributed by atoms with van der Waals surface area (Å²) in [7, 11) is 0.